The van der Waals surface area contributed by atoms with Gasteiger partial charge in [-0.25, -0.2) is 14.8 Å². The number of nitrogens with two attached hydrogens (primary N) is 1. The van der Waals surface area contributed by atoms with Gasteiger partial charge in [-0.15, -0.1) is 0 Å². The van der Waals surface area contributed by atoms with E-state index in [1.807, 2.05) is 13.8 Å². The van der Waals surface area contributed by atoms with Gasteiger partial charge in [-0.3, -0.25) is 4.79 Å². The number of aromatic nitrogens is 2. The van der Waals surface area contributed by atoms with Gasteiger partial charge in [0.2, 0.25) is 0 Å². The van der Waals surface area contributed by atoms with Crippen LogP contribution in [-0.4, -0.2) is 28.3 Å². The van der Waals surface area contributed by atoms with Gasteiger partial charge >= 0.3 is 5.97 Å². The van der Waals surface area contributed by atoms with Gasteiger partial charge in [-0.1, -0.05) is 13.8 Å². The number of carbonyl (C=O) groups excluding carboxylic acids is 2. The molecule has 4 N–H and O–H groups in total. The number of nitrogens with one attached hydrogen (secondary N) is 2. The maximum absolute atomic E-state index is 12.0. The first-order valence-electron chi connectivity index (χ1n) is 9.86. The molecule has 0 amide bonds. The first kappa shape index (κ1) is 21.8. The van der Waals surface area contributed by atoms with Crippen molar-refractivity contribution in [1.82, 2.24) is 9.97 Å². The lowest BCUT2D eigenvalue weighted by atomic mass is 10.1. The maximum Gasteiger partial charge on any atom is 0.338 e. The van der Waals surface area contributed by atoms with Crippen LogP contribution in [0.4, 0.5) is 28.7 Å². The summed E-state index contributed by atoms with van der Waals surface area (Å²) < 4.78 is 5.23. The summed E-state index contributed by atoms with van der Waals surface area (Å²) in [5.74, 6) is 0.776. The molecule has 0 radical (unpaired) electrons. The molecule has 2 aromatic carbocycles. The van der Waals surface area contributed by atoms with Crippen LogP contribution in [0.3, 0.4) is 0 Å². The first-order chi connectivity index (χ1) is 14.8. The molecule has 0 aliphatic carbocycles. The molecule has 0 fully saturated rings. The number of Topliss-reactive ketones (excluding diaryl/α,β-unsaturated/α-hetero) is 1. The molecule has 0 saturated carbocycles. The van der Waals surface area contributed by atoms with Crippen LogP contribution < -0.4 is 16.4 Å². The number of hydrogen-bond donors (Lipinski definition) is 3. The molecule has 0 atom stereocenters. The lowest BCUT2D eigenvalue weighted by molar-refractivity contribution is 0.0459. The Labute approximate surface area is 180 Å². The third kappa shape index (κ3) is 5.79. The number of ketones is 1. The average Bonchev–Trinajstić information content (AvgIpc) is 2.75. The highest BCUT2D eigenvalue weighted by molar-refractivity contribution is 5.94. The molecular formula is C23H25N5O3. The summed E-state index contributed by atoms with van der Waals surface area (Å²) >= 11 is 0. The number of esters is 1. The molecule has 31 heavy (non-hydrogen) atoms. The van der Waals surface area contributed by atoms with Crippen molar-refractivity contribution in [2.45, 2.75) is 20.8 Å². The number of ether oxygens (including phenoxy) is 1. The van der Waals surface area contributed by atoms with Gasteiger partial charge in [0.1, 0.15) is 12.0 Å². The number of rotatable bonds is 8. The standard InChI is InChI=1S/C23H25N5O3/c1-14(2)12-31-23(30)17-6-10-19(11-7-17)28-22-20(24)21(25-13-26-22)27-18-8-4-16(5-9-18)15(3)29/h4-11,13-14H,12,24H2,1-3H3,(H2,25,26,27,28). The van der Waals surface area contributed by atoms with Gasteiger partial charge in [0.25, 0.3) is 0 Å². The molecule has 0 aliphatic rings. The molecule has 3 aromatic rings. The molecule has 0 saturated heterocycles. The zero-order chi connectivity index (χ0) is 22.4. The van der Waals surface area contributed by atoms with Crippen molar-refractivity contribution in [3.63, 3.8) is 0 Å². The molecule has 1 heterocycles. The molecule has 8 nitrogen and oxygen atoms in total. The molecule has 3 rings (SSSR count). The highest BCUT2D eigenvalue weighted by Crippen LogP contribution is 2.28. The van der Waals surface area contributed by atoms with E-state index in [2.05, 4.69) is 20.6 Å². The number of hydrogen-bond acceptors (Lipinski definition) is 8. The quantitative estimate of drug-likeness (QED) is 0.359. The predicted octanol–water partition coefficient (Wildman–Crippen LogP) is 4.56. The maximum atomic E-state index is 12.0. The Hall–Kier alpha value is -3.94. The minimum Gasteiger partial charge on any atom is -0.462 e. The fourth-order valence-corrected chi connectivity index (χ4v) is 2.67. The Bertz CT molecular complexity index is 1060. The van der Waals surface area contributed by atoms with E-state index in [4.69, 9.17) is 10.5 Å². The second-order valence-electron chi connectivity index (χ2n) is 7.44. The average molecular weight is 419 g/mol. The monoisotopic (exact) mass is 419 g/mol. The Morgan fingerprint density at radius 3 is 1.84 bits per heavy atom. The number of carbonyl (C=O) groups is 2. The van der Waals surface area contributed by atoms with Gasteiger partial charge in [-0.05, 0) is 61.4 Å². The third-order valence-corrected chi connectivity index (χ3v) is 4.37. The lowest BCUT2D eigenvalue weighted by Gasteiger charge is -2.13. The molecule has 1 aromatic heterocycles. The second-order valence-corrected chi connectivity index (χ2v) is 7.44. The van der Waals surface area contributed by atoms with Crippen LogP contribution in [0.5, 0.6) is 0 Å². The normalized spacial score (nSPS) is 10.6. The highest BCUT2D eigenvalue weighted by atomic mass is 16.5. The summed E-state index contributed by atoms with van der Waals surface area (Å²) in [6.07, 6.45) is 1.39. The fourth-order valence-electron chi connectivity index (χ4n) is 2.67. The van der Waals surface area contributed by atoms with E-state index in [1.54, 1.807) is 48.5 Å². The number of benzene rings is 2. The van der Waals surface area contributed by atoms with E-state index in [1.165, 1.54) is 13.3 Å². The van der Waals surface area contributed by atoms with Gasteiger partial charge in [0.05, 0.1) is 12.2 Å². The van der Waals surface area contributed by atoms with Gasteiger partial charge < -0.3 is 21.1 Å². The molecule has 8 heteroatoms. The SMILES string of the molecule is CC(=O)c1ccc(Nc2ncnc(Nc3ccc(C(=O)OCC(C)C)cc3)c2N)cc1. The van der Waals surface area contributed by atoms with Crippen LogP contribution in [-0.2, 0) is 4.74 Å². The number of anilines is 5. The fraction of sp³-hybridized carbons (Fsp3) is 0.217. The topological polar surface area (TPSA) is 119 Å². The van der Waals surface area contributed by atoms with E-state index in [0.29, 0.717) is 40.7 Å². The van der Waals surface area contributed by atoms with Gasteiger partial charge in [-0.2, -0.15) is 0 Å². The Kier molecular flexibility index (Phi) is 6.81. The summed E-state index contributed by atoms with van der Waals surface area (Å²) in [6, 6.07) is 13.9. The van der Waals surface area contributed by atoms with Crippen molar-refractivity contribution in [2.75, 3.05) is 23.0 Å². The third-order valence-electron chi connectivity index (χ3n) is 4.37. The summed E-state index contributed by atoms with van der Waals surface area (Å²) in [7, 11) is 0. The van der Waals surface area contributed by atoms with Crippen molar-refractivity contribution in [3.8, 4) is 0 Å². The minimum absolute atomic E-state index is 0.00112. The van der Waals surface area contributed by atoms with E-state index >= 15 is 0 Å². The smallest absolute Gasteiger partial charge is 0.338 e. The molecule has 0 spiro atoms. The van der Waals surface area contributed by atoms with Crippen molar-refractivity contribution in [2.24, 2.45) is 5.92 Å². The van der Waals surface area contributed by atoms with Gasteiger partial charge in [0.15, 0.2) is 17.4 Å². The van der Waals surface area contributed by atoms with E-state index in [9.17, 15) is 9.59 Å². The first-order valence-corrected chi connectivity index (χ1v) is 9.86. The Morgan fingerprint density at radius 1 is 0.903 bits per heavy atom. The largest absolute Gasteiger partial charge is 0.462 e. The van der Waals surface area contributed by atoms with Crippen LogP contribution in [0.1, 0.15) is 41.5 Å². The van der Waals surface area contributed by atoms with Crippen molar-refractivity contribution in [3.05, 3.63) is 66.0 Å². The molecule has 0 aliphatic heterocycles. The Balaban J connectivity index is 1.70. The number of nitrogen functional groups attached to an aromatic ring is 1. The van der Waals surface area contributed by atoms with Crippen LogP contribution >= 0.6 is 0 Å². The van der Waals surface area contributed by atoms with E-state index in [0.717, 1.165) is 5.69 Å². The van der Waals surface area contributed by atoms with Crippen molar-refractivity contribution in [1.29, 1.82) is 0 Å². The van der Waals surface area contributed by atoms with E-state index < -0.39 is 0 Å². The minimum atomic E-state index is -0.357. The zero-order valence-electron chi connectivity index (χ0n) is 17.7. The van der Waals surface area contributed by atoms with Crippen molar-refractivity contribution >= 4 is 40.5 Å². The zero-order valence-corrected chi connectivity index (χ0v) is 17.7. The molecule has 0 bridgehead atoms. The highest BCUT2D eigenvalue weighted by Gasteiger charge is 2.11. The van der Waals surface area contributed by atoms with E-state index in [-0.39, 0.29) is 17.7 Å². The molecule has 160 valence electrons. The molecule has 0 unspecified atom stereocenters. The van der Waals surface area contributed by atoms with Crippen molar-refractivity contribution < 1.29 is 14.3 Å². The van der Waals surface area contributed by atoms with Gasteiger partial charge in [0, 0.05) is 16.9 Å². The summed E-state index contributed by atoms with van der Waals surface area (Å²) in [5.41, 5.74) is 9.10. The van der Waals surface area contributed by atoms with Crippen LogP contribution in [0, 0.1) is 5.92 Å². The van der Waals surface area contributed by atoms with Crippen LogP contribution in [0.2, 0.25) is 0 Å². The van der Waals surface area contributed by atoms with Crippen LogP contribution in [0.15, 0.2) is 54.9 Å². The summed E-state index contributed by atoms with van der Waals surface area (Å²) in [5, 5.41) is 6.25. The Morgan fingerprint density at radius 2 is 1.39 bits per heavy atom. The summed E-state index contributed by atoms with van der Waals surface area (Å²) in [6.45, 7) is 5.86. The second kappa shape index (κ2) is 9.71. The summed E-state index contributed by atoms with van der Waals surface area (Å²) in [4.78, 5) is 31.8. The molecular weight excluding hydrogens is 394 g/mol. The lowest BCUT2D eigenvalue weighted by Crippen LogP contribution is -2.10. The predicted molar refractivity (Wildman–Crippen MR) is 121 cm³/mol. The van der Waals surface area contributed by atoms with Crippen LogP contribution in [0.25, 0.3) is 0 Å². The number of nitrogens with zero attached hydrogens (tertiary/aromatic N) is 2.